The van der Waals surface area contributed by atoms with Crippen molar-refractivity contribution in [3.8, 4) is 11.1 Å². The summed E-state index contributed by atoms with van der Waals surface area (Å²) in [7, 11) is 0. The Morgan fingerprint density at radius 1 is 0.657 bits per heavy atom. The van der Waals surface area contributed by atoms with E-state index in [1.165, 1.54) is 16.0 Å². The molecule has 0 bridgehead atoms. The number of carbonyl (C=O) groups is 2. The monoisotopic (exact) mass is 464 g/mol. The van der Waals surface area contributed by atoms with E-state index >= 15 is 0 Å². The number of imide groups is 1. The molecule has 2 fully saturated rings. The quantitative estimate of drug-likeness (QED) is 0.372. The average Bonchev–Trinajstić information content (AvgIpc) is 3.41. The molecule has 0 unspecified atom stereocenters. The number of benzene rings is 4. The van der Waals surface area contributed by atoms with Gasteiger partial charge in [0.2, 0.25) is 5.91 Å². The van der Waals surface area contributed by atoms with E-state index in [4.69, 9.17) is 4.84 Å². The van der Waals surface area contributed by atoms with Gasteiger partial charge in [0.25, 0.3) is 5.91 Å². The van der Waals surface area contributed by atoms with Gasteiger partial charge in [0.15, 0.2) is 6.10 Å². The van der Waals surface area contributed by atoms with Crippen LogP contribution in [0.15, 0.2) is 109 Å². The molecule has 0 radical (unpaired) electrons. The van der Waals surface area contributed by atoms with Crippen LogP contribution in [-0.2, 0) is 14.4 Å². The van der Waals surface area contributed by atoms with Gasteiger partial charge in [-0.15, -0.1) is 0 Å². The van der Waals surface area contributed by atoms with Crippen molar-refractivity contribution in [1.29, 1.82) is 0 Å². The Morgan fingerprint density at radius 3 is 2.03 bits per heavy atom. The molecule has 0 aliphatic carbocycles. The molecule has 172 valence electrons. The van der Waals surface area contributed by atoms with Crippen molar-refractivity contribution in [2.45, 2.75) is 12.1 Å². The molecule has 35 heavy (non-hydrogen) atoms. The standard InChI is InChI=1S/C29H21FN2O3/c30-24-17-8-7-16-23(24)26-25-27(35-32(26)21-13-5-2-6-14-21)29(34)31(28(25)33)22-15-9-12-20(18-22)19-10-3-1-4-11-19/h1-18,25-27H/t25-,26+,27+/m0/s1. The fourth-order valence-electron chi connectivity index (χ4n) is 4.95. The highest BCUT2D eigenvalue weighted by Crippen LogP contribution is 2.48. The highest BCUT2D eigenvalue weighted by Gasteiger charge is 2.60. The molecule has 6 heteroatoms. The van der Waals surface area contributed by atoms with Crippen molar-refractivity contribution in [2.75, 3.05) is 9.96 Å². The average molecular weight is 464 g/mol. The van der Waals surface area contributed by atoms with Gasteiger partial charge in [-0.05, 0) is 41.5 Å². The van der Waals surface area contributed by atoms with Crippen molar-refractivity contribution < 1.29 is 18.8 Å². The van der Waals surface area contributed by atoms with Crippen LogP contribution >= 0.6 is 0 Å². The number of para-hydroxylation sites is 1. The number of anilines is 2. The lowest BCUT2D eigenvalue weighted by Crippen LogP contribution is -2.37. The van der Waals surface area contributed by atoms with Crippen LogP contribution in [0.2, 0.25) is 0 Å². The molecule has 0 spiro atoms. The molecule has 0 N–H and O–H groups in total. The lowest BCUT2D eigenvalue weighted by Gasteiger charge is -2.29. The smallest absolute Gasteiger partial charge is 0.266 e. The number of hydrogen-bond acceptors (Lipinski definition) is 4. The number of hydrogen-bond donors (Lipinski definition) is 0. The molecule has 2 amide bonds. The van der Waals surface area contributed by atoms with Crippen molar-refractivity contribution >= 4 is 23.2 Å². The minimum absolute atomic E-state index is 0.310. The molecule has 0 aromatic heterocycles. The number of carbonyl (C=O) groups excluding carboxylic acids is 2. The van der Waals surface area contributed by atoms with Gasteiger partial charge >= 0.3 is 0 Å². The largest absolute Gasteiger partial charge is 0.273 e. The summed E-state index contributed by atoms with van der Waals surface area (Å²) in [6.07, 6.45) is -1.05. The SMILES string of the molecule is O=C1[C@H]2[C@@H](c3ccccc3F)N(c3ccccc3)O[C@H]2C(=O)N1c1cccc(-c2ccccc2)c1. The summed E-state index contributed by atoms with van der Waals surface area (Å²) in [6, 6.07) is 31.7. The first-order chi connectivity index (χ1) is 17.1. The predicted octanol–water partition coefficient (Wildman–Crippen LogP) is 5.54. The van der Waals surface area contributed by atoms with Gasteiger partial charge in [-0.1, -0.05) is 78.9 Å². The maximum atomic E-state index is 15.0. The van der Waals surface area contributed by atoms with Gasteiger partial charge < -0.3 is 0 Å². The van der Waals surface area contributed by atoms with Gasteiger partial charge in [0.05, 0.1) is 17.4 Å². The Bertz CT molecular complexity index is 1410. The second kappa shape index (κ2) is 8.49. The highest BCUT2D eigenvalue weighted by atomic mass is 19.1. The molecule has 4 aromatic rings. The molecule has 2 saturated heterocycles. The van der Waals surface area contributed by atoms with Gasteiger partial charge in [0, 0.05) is 5.56 Å². The van der Waals surface area contributed by atoms with Crippen molar-refractivity contribution in [3.05, 3.63) is 121 Å². The minimum atomic E-state index is -1.05. The van der Waals surface area contributed by atoms with Crippen molar-refractivity contribution in [1.82, 2.24) is 0 Å². The molecule has 2 heterocycles. The zero-order chi connectivity index (χ0) is 23.9. The fourth-order valence-corrected chi connectivity index (χ4v) is 4.95. The lowest BCUT2D eigenvalue weighted by molar-refractivity contribution is -0.126. The maximum absolute atomic E-state index is 15.0. The van der Waals surface area contributed by atoms with Crippen LogP contribution in [0.25, 0.3) is 11.1 Å². The van der Waals surface area contributed by atoms with Crippen LogP contribution in [-0.4, -0.2) is 17.9 Å². The summed E-state index contributed by atoms with van der Waals surface area (Å²) < 4.78 is 15.0. The Hall–Kier alpha value is -4.29. The molecular weight excluding hydrogens is 443 g/mol. The number of hydroxylamine groups is 1. The zero-order valence-electron chi connectivity index (χ0n) is 18.6. The van der Waals surface area contributed by atoms with E-state index in [-0.39, 0.29) is 0 Å². The fraction of sp³-hybridized carbons (Fsp3) is 0.103. The first kappa shape index (κ1) is 21.3. The van der Waals surface area contributed by atoms with Crippen LogP contribution in [0.4, 0.5) is 15.8 Å². The Labute approximate surface area is 201 Å². The second-order valence-corrected chi connectivity index (χ2v) is 8.61. The first-order valence-corrected chi connectivity index (χ1v) is 11.4. The van der Waals surface area contributed by atoms with Crippen LogP contribution in [0, 0.1) is 11.7 Å². The van der Waals surface area contributed by atoms with Crippen LogP contribution in [0.1, 0.15) is 11.6 Å². The van der Waals surface area contributed by atoms with E-state index in [1.807, 2.05) is 78.9 Å². The molecule has 0 saturated carbocycles. The van der Waals surface area contributed by atoms with Crippen molar-refractivity contribution in [2.24, 2.45) is 5.92 Å². The summed E-state index contributed by atoms with van der Waals surface area (Å²) in [5.74, 6) is -2.20. The normalized spacial score (nSPS) is 21.5. The zero-order valence-corrected chi connectivity index (χ0v) is 18.6. The minimum Gasteiger partial charge on any atom is -0.273 e. The summed E-state index contributed by atoms with van der Waals surface area (Å²) in [4.78, 5) is 34.6. The molecular formula is C29H21FN2O3. The van der Waals surface area contributed by atoms with Crippen LogP contribution < -0.4 is 9.96 Å². The van der Waals surface area contributed by atoms with E-state index in [0.717, 1.165) is 11.1 Å². The summed E-state index contributed by atoms with van der Waals surface area (Å²) in [5, 5.41) is 1.50. The number of rotatable bonds is 4. The Morgan fingerprint density at radius 2 is 1.29 bits per heavy atom. The topological polar surface area (TPSA) is 49.9 Å². The third kappa shape index (κ3) is 3.50. The summed E-state index contributed by atoms with van der Waals surface area (Å²) in [5.41, 5.74) is 3.29. The molecule has 6 rings (SSSR count). The van der Waals surface area contributed by atoms with Gasteiger partial charge in [0.1, 0.15) is 11.7 Å². The number of amides is 2. The van der Waals surface area contributed by atoms with Gasteiger partial charge in [-0.2, -0.15) is 0 Å². The Kier molecular flexibility index (Phi) is 5.16. The van der Waals surface area contributed by atoms with Gasteiger partial charge in [-0.3, -0.25) is 14.4 Å². The van der Waals surface area contributed by atoms with E-state index in [0.29, 0.717) is 16.9 Å². The molecule has 2 aliphatic heterocycles. The van der Waals surface area contributed by atoms with Crippen LogP contribution in [0.3, 0.4) is 0 Å². The molecule has 4 aromatic carbocycles. The van der Waals surface area contributed by atoms with E-state index < -0.39 is 35.7 Å². The predicted molar refractivity (Wildman–Crippen MR) is 131 cm³/mol. The number of fused-ring (bicyclic) bond motifs is 1. The number of halogens is 1. The second-order valence-electron chi connectivity index (χ2n) is 8.61. The lowest BCUT2D eigenvalue weighted by atomic mass is 9.90. The summed E-state index contributed by atoms with van der Waals surface area (Å²) in [6.45, 7) is 0. The Balaban J connectivity index is 1.41. The third-order valence-electron chi connectivity index (χ3n) is 6.56. The first-order valence-electron chi connectivity index (χ1n) is 11.4. The van der Waals surface area contributed by atoms with Gasteiger partial charge in [-0.25, -0.2) is 14.4 Å². The maximum Gasteiger partial charge on any atom is 0.266 e. The molecule has 2 aliphatic rings. The van der Waals surface area contributed by atoms with Crippen molar-refractivity contribution in [3.63, 3.8) is 0 Å². The number of nitrogens with zero attached hydrogens (tertiary/aromatic N) is 2. The van der Waals surface area contributed by atoms with E-state index in [1.54, 1.807) is 24.3 Å². The van der Waals surface area contributed by atoms with E-state index in [9.17, 15) is 14.0 Å². The van der Waals surface area contributed by atoms with E-state index in [2.05, 4.69) is 0 Å². The molecule has 5 nitrogen and oxygen atoms in total. The molecule has 3 atom stereocenters. The third-order valence-corrected chi connectivity index (χ3v) is 6.56. The summed E-state index contributed by atoms with van der Waals surface area (Å²) >= 11 is 0. The van der Waals surface area contributed by atoms with Crippen LogP contribution in [0.5, 0.6) is 0 Å². The highest BCUT2D eigenvalue weighted by molar-refractivity contribution is 6.24.